The van der Waals surface area contributed by atoms with E-state index in [2.05, 4.69) is 20.7 Å². The van der Waals surface area contributed by atoms with Gasteiger partial charge in [0.05, 0.1) is 13.6 Å². The van der Waals surface area contributed by atoms with Crippen LogP contribution >= 0.6 is 0 Å². The van der Waals surface area contributed by atoms with Crippen molar-refractivity contribution in [3.05, 3.63) is 5.82 Å². The minimum Gasteiger partial charge on any atom is -0.341 e. The maximum atomic E-state index is 12.0. The molecule has 92 valence electrons. The fraction of sp³-hybridized carbons (Fsp3) is 0.667. The Hall–Kier alpha value is -1.99. The van der Waals surface area contributed by atoms with E-state index in [4.69, 9.17) is 0 Å². The van der Waals surface area contributed by atoms with Crippen LogP contribution in [0.25, 0.3) is 0 Å². The summed E-state index contributed by atoms with van der Waals surface area (Å²) in [7, 11) is 1.64. The molecule has 0 bridgehead atoms. The van der Waals surface area contributed by atoms with Gasteiger partial charge in [0.25, 0.3) is 0 Å². The molecular weight excluding hydrogens is 224 g/mol. The molecule has 1 aromatic heterocycles. The van der Waals surface area contributed by atoms with Crippen molar-refractivity contribution in [3.63, 3.8) is 0 Å². The lowest BCUT2D eigenvalue weighted by molar-refractivity contribution is -0.149. The van der Waals surface area contributed by atoms with Gasteiger partial charge in [-0.3, -0.25) is 9.59 Å². The number of hydrogen-bond donors (Lipinski definition) is 1. The van der Waals surface area contributed by atoms with E-state index in [1.54, 1.807) is 20.9 Å². The third-order valence-corrected chi connectivity index (χ3v) is 2.49. The zero-order valence-corrected chi connectivity index (χ0v) is 9.97. The summed E-state index contributed by atoms with van der Waals surface area (Å²) in [6.45, 7) is 3.57. The predicted molar refractivity (Wildman–Crippen MR) is 56.4 cm³/mol. The third kappa shape index (κ3) is 2.24. The van der Waals surface area contributed by atoms with Crippen LogP contribution in [-0.4, -0.2) is 49.0 Å². The van der Waals surface area contributed by atoms with Gasteiger partial charge in [0.1, 0.15) is 12.1 Å². The average Bonchev–Trinajstić information content (AvgIpc) is 2.59. The first-order chi connectivity index (χ1) is 7.88. The first-order valence-electron chi connectivity index (χ1n) is 5.22. The summed E-state index contributed by atoms with van der Waals surface area (Å²) in [5, 5.41) is 14.1. The highest BCUT2D eigenvalue weighted by atomic mass is 16.2. The first-order valence-corrected chi connectivity index (χ1v) is 5.22. The SMILES string of the molecule is Cn1nnc(CN2CC(=O)NC(C)(C)C2=O)n1. The van der Waals surface area contributed by atoms with Crippen molar-refractivity contribution < 1.29 is 9.59 Å². The van der Waals surface area contributed by atoms with Gasteiger partial charge in [-0.05, 0) is 19.1 Å². The summed E-state index contributed by atoms with van der Waals surface area (Å²) in [6.07, 6.45) is 0. The molecule has 1 N–H and O–H groups in total. The highest BCUT2D eigenvalue weighted by Crippen LogP contribution is 2.14. The number of hydrogen-bond acceptors (Lipinski definition) is 5. The van der Waals surface area contributed by atoms with E-state index in [1.807, 2.05) is 0 Å². The number of tetrazole rings is 1. The van der Waals surface area contributed by atoms with Crippen LogP contribution in [0.2, 0.25) is 0 Å². The Kier molecular flexibility index (Phi) is 2.56. The summed E-state index contributed by atoms with van der Waals surface area (Å²) in [6, 6.07) is 0. The van der Waals surface area contributed by atoms with E-state index < -0.39 is 5.54 Å². The zero-order valence-electron chi connectivity index (χ0n) is 9.97. The number of carbonyl (C=O) groups excluding carboxylic acids is 2. The number of nitrogens with one attached hydrogen (secondary N) is 1. The van der Waals surface area contributed by atoms with Crippen molar-refractivity contribution in [3.8, 4) is 0 Å². The molecule has 0 aliphatic carbocycles. The highest BCUT2D eigenvalue weighted by molar-refractivity contribution is 5.97. The normalized spacial score (nSPS) is 19.4. The number of amides is 2. The Morgan fingerprint density at radius 1 is 1.41 bits per heavy atom. The van der Waals surface area contributed by atoms with Crippen molar-refractivity contribution in [2.45, 2.75) is 25.9 Å². The summed E-state index contributed by atoms with van der Waals surface area (Å²) < 4.78 is 0. The second-order valence-electron chi connectivity index (χ2n) is 4.53. The molecule has 8 nitrogen and oxygen atoms in total. The maximum absolute atomic E-state index is 12.0. The fourth-order valence-corrected chi connectivity index (χ4v) is 1.77. The molecule has 0 atom stereocenters. The van der Waals surface area contributed by atoms with E-state index in [0.29, 0.717) is 5.82 Å². The van der Waals surface area contributed by atoms with Crippen LogP contribution < -0.4 is 5.32 Å². The van der Waals surface area contributed by atoms with Gasteiger partial charge in [-0.25, -0.2) is 0 Å². The second-order valence-corrected chi connectivity index (χ2v) is 4.53. The summed E-state index contributed by atoms with van der Waals surface area (Å²) >= 11 is 0. The van der Waals surface area contributed by atoms with Gasteiger partial charge in [0, 0.05) is 0 Å². The van der Waals surface area contributed by atoms with E-state index in [0.717, 1.165) is 0 Å². The van der Waals surface area contributed by atoms with Gasteiger partial charge in [-0.2, -0.15) is 4.80 Å². The number of aromatic nitrogens is 4. The van der Waals surface area contributed by atoms with E-state index in [-0.39, 0.29) is 24.9 Å². The molecule has 0 unspecified atom stereocenters. The number of piperazine rings is 1. The van der Waals surface area contributed by atoms with Gasteiger partial charge in [-0.15, -0.1) is 10.2 Å². The number of carbonyl (C=O) groups is 2. The van der Waals surface area contributed by atoms with E-state index in [9.17, 15) is 9.59 Å². The van der Waals surface area contributed by atoms with Crippen LogP contribution in [-0.2, 0) is 23.2 Å². The predicted octanol–water partition coefficient (Wildman–Crippen LogP) is -1.55. The van der Waals surface area contributed by atoms with Crippen molar-refractivity contribution in [2.75, 3.05) is 6.54 Å². The lowest BCUT2D eigenvalue weighted by Gasteiger charge is -2.36. The second kappa shape index (κ2) is 3.79. The molecule has 1 aromatic rings. The topological polar surface area (TPSA) is 93.0 Å². The molecule has 8 heteroatoms. The van der Waals surface area contributed by atoms with Gasteiger partial charge >= 0.3 is 0 Å². The lowest BCUT2D eigenvalue weighted by atomic mass is 10.0. The van der Waals surface area contributed by atoms with Crippen molar-refractivity contribution in [1.29, 1.82) is 0 Å². The van der Waals surface area contributed by atoms with E-state index in [1.165, 1.54) is 9.70 Å². The summed E-state index contributed by atoms with van der Waals surface area (Å²) in [5.41, 5.74) is -0.877. The molecular formula is C9H14N6O2. The van der Waals surface area contributed by atoms with Gasteiger partial charge in [-0.1, -0.05) is 0 Å². The first kappa shape index (κ1) is 11.5. The largest absolute Gasteiger partial charge is 0.341 e. The molecule has 0 radical (unpaired) electrons. The summed E-state index contributed by atoms with van der Waals surface area (Å²) in [4.78, 5) is 26.2. The van der Waals surface area contributed by atoms with Crippen LogP contribution in [0.4, 0.5) is 0 Å². The lowest BCUT2D eigenvalue weighted by Crippen LogP contribution is -2.63. The molecule has 0 saturated carbocycles. The Labute approximate surface area is 98.0 Å². The Bertz CT molecular complexity index is 466. The highest BCUT2D eigenvalue weighted by Gasteiger charge is 2.39. The van der Waals surface area contributed by atoms with Crippen molar-refractivity contribution in [2.24, 2.45) is 7.05 Å². The molecule has 2 heterocycles. The average molecular weight is 238 g/mol. The standard InChI is InChI=1S/C9H14N6O2/c1-9(2)8(17)15(5-7(16)10-9)4-6-11-13-14(3)12-6/h4-5H2,1-3H3,(H,10,16). The molecule has 17 heavy (non-hydrogen) atoms. The van der Waals surface area contributed by atoms with Crippen LogP contribution in [0.3, 0.4) is 0 Å². The number of aryl methyl sites for hydroxylation is 1. The van der Waals surface area contributed by atoms with Crippen LogP contribution in [0.15, 0.2) is 0 Å². The van der Waals surface area contributed by atoms with Gasteiger partial charge in [0.2, 0.25) is 11.8 Å². The minimum absolute atomic E-state index is 0.0283. The fourth-order valence-electron chi connectivity index (χ4n) is 1.77. The number of nitrogens with zero attached hydrogens (tertiary/aromatic N) is 5. The molecule has 2 rings (SSSR count). The number of rotatable bonds is 2. The van der Waals surface area contributed by atoms with Gasteiger partial charge in [0.15, 0.2) is 5.82 Å². The third-order valence-electron chi connectivity index (χ3n) is 2.49. The molecule has 1 aliphatic heterocycles. The van der Waals surface area contributed by atoms with Crippen LogP contribution in [0.5, 0.6) is 0 Å². The zero-order chi connectivity index (χ0) is 12.6. The smallest absolute Gasteiger partial charge is 0.248 e. The van der Waals surface area contributed by atoms with Crippen molar-refractivity contribution in [1.82, 2.24) is 30.4 Å². The molecule has 1 saturated heterocycles. The molecule has 1 fully saturated rings. The molecule has 2 amide bonds. The van der Waals surface area contributed by atoms with Crippen molar-refractivity contribution >= 4 is 11.8 Å². The van der Waals surface area contributed by atoms with Crippen LogP contribution in [0.1, 0.15) is 19.7 Å². The Morgan fingerprint density at radius 2 is 2.12 bits per heavy atom. The molecule has 1 aliphatic rings. The Morgan fingerprint density at radius 3 is 2.71 bits per heavy atom. The summed E-state index contributed by atoms with van der Waals surface area (Å²) in [5.74, 6) is 0.0920. The van der Waals surface area contributed by atoms with Crippen LogP contribution in [0, 0.1) is 0 Å². The maximum Gasteiger partial charge on any atom is 0.248 e. The molecule has 0 aromatic carbocycles. The Balaban J connectivity index is 2.15. The monoisotopic (exact) mass is 238 g/mol. The molecule has 0 spiro atoms. The van der Waals surface area contributed by atoms with Gasteiger partial charge < -0.3 is 10.2 Å². The minimum atomic E-state index is -0.877. The van der Waals surface area contributed by atoms with E-state index >= 15 is 0 Å². The quantitative estimate of drug-likeness (QED) is 0.673.